The van der Waals surface area contributed by atoms with E-state index in [1.54, 1.807) is 0 Å². The molecule has 1 aromatic rings. The van der Waals surface area contributed by atoms with E-state index in [-0.39, 0.29) is 0 Å². The number of rotatable bonds is 8. The van der Waals surface area contributed by atoms with E-state index >= 15 is 0 Å². The largest absolute Gasteiger partial charge is 0.492 e. The van der Waals surface area contributed by atoms with Crippen LogP contribution in [0, 0.1) is 0 Å². The van der Waals surface area contributed by atoms with Gasteiger partial charge >= 0.3 is 0 Å². The van der Waals surface area contributed by atoms with Crippen molar-refractivity contribution >= 4 is 0 Å². The molecule has 17 heavy (non-hydrogen) atoms. The van der Waals surface area contributed by atoms with Crippen molar-refractivity contribution in [2.24, 2.45) is 0 Å². The summed E-state index contributed by atoms with van der Waals surface area (Å²) in [4.78, 5) is 0. The minimum Gasteiger partial charge on any atom is -0.492 e. The third kappa shape index (κ3) is 5.05. The number of nitrogens with one attached hydrogen (secondary N) is 1. The second-order valence-corrected chi connectivity index (χ2v) is 4.21. The Morgan fingerprint density at radius 3 is 2.88 bits per heavy atom. The van der Waals surface area contributed by atoms with Crippen LogP contribution < -0.4 is 10.1 Å². The van der Waals surface area contributed by atoms with Gasteiger partial charge in [-0.3, -0.25) is 0 Å². The molecule has 0 spiro atoms. The van der Waals surface area contributed by atoms with Crippen molar-refractivity contribution in [2.45, 2.75) is 32.7 Å². The molecular weight excluding hydrogens is 210 g/mol. The maximum Gasteiger partial charge on any atom is 0.122 e. The summed E-state index contributed by atoms with van der Waals surface area (Å²) in [5.74, 6) is 0.971. The van der Waals surface area contributed by atoms with E-state index in [1.807, 2.05) is 24.3 Å². The standard InChI is InChI=1S/C15H23NO/c1-4-8-14-9-6-7-10-15(14)17-12-11-16-13(3)5-2/h4,6-7,9-10,13,16H,1,5,8,11-12H2,2-3H3. The minimum atomic E-state index is 0.557. The Balaban J connectivity index is 2.38. The van der Waals surface area contributed by atoms with Crippen molar-refractivity contribution in [3.05, 3.63) is 42.5 Å². The molecule has 94 valence electrons. The van der Waals surface area contributed by atoms with Crippen LogP contribution in [-0.2, 0) is 6.42 Å². The molecule has 1 unspecified atom stereocenters. The predicted molar refractivity (Wildman–Crippen MR) is 73.6 cm³/mol. The normalized spacial score (nSPS) is 12.1. The third-order valence-corrected chi connectivity index (χ3v) is 2.80. The lowest BCUT2D eigenvalue weighted by atomic mass is 10.1. The van der Waals surface area contributed by atoms with Crippen LogP contribution in [0.4, 0.5) is 0 Å². The first-order chi connectivity index (χ1) is 8.27. The summed E-state index contributed by atoms with van der Waals surface area (Å²) in [5, 5.41) is 3.41. The molecule has 0 fully saturated rings. The summed E-state index contributed by atoms with van der Waals surface area (Å²) < 4.78 is 5.77. The molecule has 0 amide bonds. The van der Waals surface area contributed by atoms with E-state index in [0.717, 1.165) is 25.1 Å². The Morgan fingerprint density at radius 2 is 2.18 bits per heavy atom. The molecule has 0 aliphatic heterocycles. The van der Waals surface area contributed by atoms with E-state index in [9.17, 15) is 0 Å². The highest BCUT2D eigenvalue weighted by Crippen LogP contribution is 2.18. The number of hydrogen-bond acceptors (Lipinski definition) is 2. The van der Waals surface area contributed by atoms with Crippen molar-refractivity contribution in [1.82, 2.24) is 5.32 Å². The van der Waals surface area contributed by atoms with E-state index in [4.69, 9.17) is 4.74 Å². The zero-order valence-corrected chi connectivity index (χ0v) is 10.9. The van der Waals surface area contributed by atoms with Crippen LogP contribution in [0.25, 0.3) is 0 Å². The second kappa shape index (κ2) is 7.91. The monoisotopic (exact) mass is 233 g/mol. The van der Waals surface area contributed by atoms with Gasteiger partial charge in [-0.25, -0.2) is 0 Å². The fraction of sp³-hybridized carbons (Fsp3) is 0.467. The van der Waals surface area contributed by atoms with Gasteiger partial charge in [-0.1, -0.05) is 31.2 Å². The number of hydrogen-bond donors (Lipinski definition) is 1. The highest BCUT2D eigenvalue weighted by molar-refractivity contribution is 5.34. The maximum atomic E-state index is 5.77. The number of ether oxygens (including phenoxy) is 1. The Bertz CT molecular complexity index is 335. The lowest BCUT2D eigenvalue weighted by Crippen LogP contribution is -2.29. The SMILES string of the molecule is C=CCc1ccccc1OCCNC(C)CC. The van der Waals surface area contributed by atoms with E-state index in [0.29, 0.717) is 12.6 Å². The summed E-state index contributed by atoms with van der Waals surface area (Å²) in [6.07, 6.45) is 3.90. The summed E-state index contributed by atoms with van der Waals surface area (Å²) in [6.45, 7) is 9.72. The predicted octanol–water partition coefficient (Wildman–Crippen LogP) is 3.18. The van der Waals surface area contributed by atoms with Gasteiger partial charge in [-0.2, -0.15) is 0 Å². The Hall–Kier alpha value is -1.28. The molecule has 1 rings (SSSR count). The molecule has 1 N–H and O–H groups in total. The van der Waals surface area contributed by atoms with Crippen molar-refractivity contribution in [3.8, 4) is 5.75 Å². The smallest absolute Gasteiger partial charge is 0.122 e. The van der Waals surface area contributed by atoms with Crippen molar-refractivity contribution < 1.29 is 4.74 Å². The van der Waals surface area contributed by atoms with Crippen LogP contribution in [-0.4, -0.2) is 19.2 Å². The van der Waals surface area contributed by atoms with Gasteiger partial charge in [-0.15, -0.1) is 6.58 Å². The lowest BCUT2D eigenvalue weighted by Gasteiger charge is -2.13. The van der Waals surface area contributed by atoms with Gasteiger partial charge < -0.3 is 10.1 Å². The first kappa shape index (κ1) is 13.8. The number of benzene rings is 1. The first-order valence-corrected chi connectivity index (χ1v) is 6.33. The van der Waals surface area contributed by atoms with Crippen LogP contribution in [0.15, 0.2) is 36.9 Å². The molecular formula is C15H23NO. The number of para-hydroxylation sites is 1. The topological polar surface area (TPSA) is 21.3 Å². The zero-order valence-electron chi connectivity index (χ0n) is 10.9. The highest BCUT2D eigenvalue weighted by Gasteiger charge is 2.01. The van der Waals surface area contributed by atoms with Crippen molar-refractivity contribution in [3.63, 3.8) is 0 Å². The Labute approximate surface area is 105 Å². The molecule has 2 nitrogen and oxygen atoms in total. The third-order valence-electron chi connectivity index (χ3n) is 2.80. The zero-order chi connectivity index (χ0) is 12.5. The van der Waals surface area contributed by atoms with E-state index < -0.39 is 0 Å². The van der Waals surface area contributed by atoms with Gasteiger partial charge in [-0.05, 0) is 31.4 Å². The molecule has 0 aromatic heterocycles. The number of allylic oxidation sites excluding steroid dienone is 1. The molecule has 1 aromatic carbocycles. The van der Waals surface area contributed by atoms with Crippen LogP contribution in [0.3, 0.4) is 0 Å². The van der Waals surface area contributed by atoms with Crippen molar-refractivity contribution in [1.29, 1.82) is 0 Å². The molecule has 0 saturated carbocycles. The summed E-state index contributed by atoms with van der Waals surface area (Å²) >= 11 is 0. The average Bonchev–Trinajstić information content (AvgIpc) is 2.36. The quantitative estimate of drug-likeness (QED) is 0.550. The molecule has 0 saturated heterocycles. The maximum absolute atomic E-state index is 5.77. The van der Waals surface area contributed by atoms with Gasteiger partial charge in [0.2, 0.25) is 0 Å². The molecule has 2 heteroatoms. The van der Waals surface area contributed by atoms with Crippen LogP contribution >= 0.6 is 0 Å². The summed E-state index contributed by atoms with van der Waals surface area (Å²) in [5.41, 5.74) is 1.20. The molecule has 0 bridgehead atoms. The minimum absolute atomic E-state index is 0.557. The lowest BCUT2D eigenvalue weighted by molar-refractivity contribution is 0.304. The van der Waals surface area contributed by atoms with E-state index in [2.05, 4.69) is 31.8 Å². The summed E-state index contributed by atoms with van der Waals surface area (Å²) in [7, 11) is 0. The fourth-order valence-corrected chi connectivity index (χ4v) is 1.58. The first-order valence-electron chi connectivity index (χ1n) is 6.33. The Morgan fingerprint density at radius 1 is 1.41 bits per heavy atom. The molecule has 0 radical (unpaired) electrons. The van der Waals surface area contributed by atoms with Gasteiger partial charge in [0, 0.05) is 12.6 Å². The van der Waals surface area contributed by atoms with E-state index in [1.165, 1.54) is 5.56 Å². The van der Waals surface area contributed by atoms with Gasteiger partial charge in [0.05, 0.1) is 0 Å². The average molecular weight is 233 g/mol. The highest BCUT2D eigenvalue weighted by atomic mass is 16.5. The summed E-state index contributed by atoms with van der Waals surface area (Å²) in [6, 6.07) is 8.69. The molecule has 0 aliphatic rings. The van der Waals surface area contributed by atoms with Gasteiger partial charge in [0.25, 0.3) is 0 Å². The fourth-order valence-electron chi connectivity index (χ4n) is 1.58. The molecule has 0 heterocycles. The van der Waals surface area contributed by atoms with Crippen LogP contribution in [0.2, 0.25) is 0 Å². The van der Waals surface area contributed by atoms with Gasteiger partial charge in [0.15, 0.2) is 0 Å². The molecule has 1 atom stereocenters. The second-order valence-electron chi connectivity index (χ2n) is 4.21. The van der Waals surface area contributed by atoms with Crippen LogP contribution in [0.1, 0.15) is 25.8 Å². The van der Waals surface area contributed by atoms with Crippen molar-refractivity contribution in [2.75, 3.05) is 13.2 Å². The van der Waals surface area contributed by atoms with Gasteiger partial charge in [0.1, 0.15) is 12.4 Å². The van der Waals surface area contributed by atoms with Crippen LogP contribution in [0.5, 0.6) is 5.75 Å². The Kier molecular flexibility index (Phi) is 6.41. The molecule has 0 aliphatic carbocycles.